The zero-order valence-electron chi connectivity index (χ0n) is 19.8. The van der Waals surface area contributed by atoms with Crippen molar-refractivity contribution in [2.45, 2.75) is 64.3 Å². The third-order valence-corrected chi connectivity index (χ3v) is 7.16. The lowest BCUT2D eigenvalue weighted by atomic mass is 9.78. The van der Waals surface area contributed by atoms with E-state index >= 15 is 0 Å². The van der Waals surface area contributed by atoms with Gasteiger partial charge in [-0.25, -0.2) is 4.98 Å². The Labute approximate surface area is 200 Å². The zero-order valence-corrected chi connectivity index (χ0v) is 20.6. The van der Waals surface area contributed by atoms with E-state index in [0.717, 1.165) is 23.0 Å². The van der Waals surface area contributed by atoms with E-state index in [1.807, 2.05) is 58.0 Å². The summed E-state index contributed by atoms with van der Waals surface area (Å²) >= 11 is 6.83. The quantitative estimate of drug-likeness (QED) is 0.604. The maximum absolute atomic E-state index is 11.4. The van der Waals surface area contributed by atoms with Crippen LogP contribution in [0.4, 0.5) is 0 Å². The van der Waals surface area contributed by atoms with Crippen molar-refractivity contribution in [2.24, 2.45) is 0 Å². The van der Waals surface area contributed by atoms with Crippen LogP contribution in [-0.4, -0.2) is 48.9 Å². The summed E-state index contributed by atoms with van der Waals surface area (Å²) in [7, 11) is 1.05. The Morgan fingerprint density at radius 2 is 1.94 bits per heavy atom. The smallest absolute Gasteiger partial charge is 0.481 e. The predicted molar refractivity (Wildman–Crippen MR) is 130 cm³/mol. The standard InChI is InChI=1S/C24H31BClN3O4/c1-23(2)24(3,4)33-25(32-23)18-8-6-7-17(21(18)26)19-11-9-15(22(29-19)31-5)13-27-14-16-10-12-20(30)28-16/h6-9,11,16,27H,10,12-14H2,1-5H3,(H,28,30)/t16-/m0/s1. The van der Waals surface area contributed by atoms with Crippen LogP contribution in [0.1, 0.15) is 46.1 Å². The van der Waals surface area contributed by atoms with Crippen LogP contribution in [0.25, 0.3) is 11.3 Å². The maximum atomic E-state index is 11.4. The van der Waals surface area contributed by atoms with E-state index in [0.29, 0.717) is 36.1 Å². The third kappa shape index (κ3) is 4.89. The molecule has 2 saturated heterocycles. The number of aromatic nitrogens is 1. The van der Waals surface area contributed by atoms with Crippen molar-refractivity contribution in [1.29, 1.82) is 0 Å². The molecule has 0 bridgehead atoms. The van der Waals surface area contributed by atoms with Gasteiger partial charge < -0.3 is 24.7 Å². The molecular formula is C24H31BClN3O4. The van der Waals surface area contributed by atoms with Gasteiger partial charge in [-0.15, -0.1) is 0 Å². The number of carbonyl (C=O) groups excluding carboxylic acids is 1. The van der Waals surface area contributed by atoms with Crippen molar-refractivity contribution in [1.82, 2.24) is 15.6 Å². The molecule has 2 fully saturated rings. The second kappa shape index (κ2) is 9.26. The number of hydrogen-bond acceptors (Lipinski definition) is 6. The van der Waals surface area contributed by atoms with Gasteiger partial charge in [0.1, 0.15) is 0 Å². The first-order valence-electron chi connectivity index (χ1n) is 11.3. The van der Waals surface area contributed by atoms with Gasteiger partial charge in [-0.3, -0.25) is 4.79 Å². The van der Waals surface area contributed by atoms with Crippen molar-refractivity contribution < 1.29 is 18.8 Å². The molecule has 7 nitrogen and oxygen atoms in total. The third-order valence-electron chi connectivity index (χ3n) is 6.74. The van der Waals surface area contributed by atoms with Gasteiger partial charge in [-0.05, 0) is 40.2 Å². The number of halogens is 1. The molecule has 3 heterocycles. The van der Waals surface area contributed by atoms with Crippen molar-refractivity contribution in [3.8, 4) is 17.1 Å². The summed E-state index contributed by atoms with van der Waals surface area (Å²) in [6.07, 6.45) is 1.45. The molecule has 176 valence electrons. The number of rotatable bonds is 7. The Kier molecular flexibility index (Phi) is 6.74. The van der Waals surface area contributed by atoms with E-state index in [9.17, 15) is 4.79 Å². The van der Waals surface area contributed by atoms with Crippen LogP contribution < -0.4 is 20.8 Å². The first kappa shape index (κ1) is 24.0. The fourth-order valence-electron chi connectivity index (χ4n) is 4.04. The number of ether oxygens (including phenoxy) is 1. The van der Waals surface area contributed by atoms with Crippen LogP contribution in [0.2, 0.25) is 5.02 Å². The van der Waals surface area contributed by atoms with Crippen LogP contribution in [0.5, 0.6) is 5.88 Å². The number of carbonyl (C=O) groups is 1. The number of benzene rings is 1. The Balaban J connectivity index is 1.52. The fraction of sp³-hybridized carbons (Fsp3) is 0.500. The number of nitrogens with one attached hydrogen (secondary N) is 2. The average molecular weight is 472 g/mol. The highest BCUT2D eigenvalue weighted by Gasteiger charge is 2.52. The largest absolute Gasteiger partial charge is 0.496 e. The highest BCUT2D eigenvalue weighted by atomic mass is 35.5. The van der Waals surface area contributed by atoms with Crippen LogP contribution in [0, 0.1) is 0 Å². The van der Waals surface area contributed by atoms with E-state index in [-0.39, 0.29) is 11.9 Å². The average Bonchev–Trinajstić information content (AvgIpc) is 3.27. The zero-order chi connectivity index (χ0) is 23.8. The van der Waals surface area contributed by atoms with E-state index in [1.165, 1.54) is 0 Å². The molecule has 0 radical (unpaired) electrons. The molecule has 1 atom stereocenters. The highest BCUT2D eigenvalue weighted by molar-refractivity contribution is 6.66. The van der Waals surface area contributed by atoms with Gasteiger partial charge in [-0.1, -0.05) is 35.9 Å². The van der Waals surface area contributed by atoms with Gasteiger partial charge in [0.25, 0.3) is 0 Å². The lowest BCUT2D eigenvalue weighted by Crippen LogP contribution is -2.41. The van der Waals surface area contributed by atoms with E-state index < -0.39 is 18.3 Å². The van der Waals surface area contributed by atoms with Gasteiger partial charge in [-0.2, -0.15) is 0 Å². The molecule has 1 aromatic carbocycles. The summed E-state index contributed by atoms with van der Waals surface area (Å²) < 4.78 is 17.9. The lowest BCUT2D eigenvalue weighted by Gasteiger charge is -2.32. The monoisotopic (exact) mass is 471 g/mol. The molecular weight excluding hydrogens is 441 g/mol. The summed E-state index contributed by atoms with van der Waals surface area (Å²) in [6.45, 7) is 9.37. The molecule has 2 N–H and O–H groups in total. The molecule has 0 aliphatic carbocycles. The molecule has 2 aliphatic rings. The normalized spacial score (nSPS) is 21.3. The van der Waals surface area contributed by atoms with E-state index in [1.54, 1.807) is 7.11 Å². The summed E-state index contributed by atoms with van der Waals surface area (Å²) in [5, 5.41) is 6.89. The van der Waals surface area contributed by atoms with Crippen LogP contribution in [-0.2, 0) is 20.6 Å². The Bertz CT molecular complexity index is 1030. The topological polar surface area (TPSA) is 81.7 Å². The van der Waals surface area contributed by atoms with Gasteiger partial charge in [0.2, 0.25) is 11.8 Å². The molecule has 0 spiro atoms. The van der Waals surface area contributed by atoms with E-state index in [4.69, 9.17) is 30.6 Å². The van der Waals surface area contributed by atoms with Gasteiger partial charge in [0, 0.05) is 47.2 Å². The molecule has 1 amide bonds. The van der Waals surface area contributed by atoms with Crippen molar-refractivity contribution >= 4 is 30.1 Å². The minimum Gasteiger partial charge on any atom is -0.481 e. The molecule has 2 aromatic rings. The molecule has 0 unspecified atom stereocenters. The Morgan fingerprint density at radius 3 is 2.58 bits per heavy atom. The van der Waals surface area contributed by atoms with E-state index in [2.05, 4.69) is 10.6 Å². The fourth-order valence-corrected chi connectivity index (χ4v) is 4.35. The van der Waals surface area contributed by atoms with Crippen LogP contribution >= 0.6 is 11.6 Å². The molecule has 4 rings (SSSR count). The minimum absolute atomic E-state index is 0.116. The number of methoxy groups -OCH3 is 1. The summed E-state index contributed by atoms with van der Waals surface area (Å²) in [5.41, 5.74) is 2.31. The summed E-state index contributed by atoms with van der Waals surface area (Å²) in [5.74, 6) is 0.651. The van der Waals surface area contributed by atoms with Gasteiger partial charge in [0.15, 0.2) is 0 Å². The number of hydrogen-bond donors (Lipinski definition) is 2. The van der Waals surface area contributed by atoms with Crippen molar-refractivity contribution in [2.75, 3.05) is 13.7 Å². The van der Waals surface area contributed by atoms with Crippen LogP contribution in [0.3, 0.4) is 0 Å². The minimum atomic E-state index is -0.552. The number of amides is 1. The Morgan fingerprint density at radius 1 is 1.21 bits per heavy atom. The second-order valence-electron chi connectivity index (χ2n) is 9.60. The predicted octanol–water partition coefficient (Wildman–Crippen LogP) is 3.08. The maximum Gasteiger partial charge on any atom is 0.496 e. The number of pyridine rings is 1. The summed E-state index contributed by atoms with van der Waals surface area (Å²) in [6, 6.07) is 9.88. The SMILES string of the molecule is COc1nc(-c2cccc(B3OC(C)(C)C(C)(C)O3)c2Cl)ccc1CNC[C@@H]1CCC(=O)N1. The highest BCUT2D eigenvalue weighted by Crippen LogP contribution is 2.38. The molecule has 2 aliphatic heterocycles. The Hall–Kier alpha value is -2.13. The molecule has 9 heteroatoms. The van der Waals surface area contributed by atoms with Gasteiger partial charge in [0.05, 0.1) is 24.0 Å². The van der Waals surface area contributed by atoms with Crippen LogP contribution in [0.15, 0.2) is 30.3 Å². The molecule has 0 saturated carbocycles. The van der Waals surface area contributed by atoms with Gasteiger partial charge >= 0.3 is 7.12 Å². The number of nitrogens with zero attached hydrogens (tertiary/aromatic N) is 1. The van der Waals surface area contributed by atoms with Crippen molar-refractivity contribution in [3.63, 3.8) is 0 Å². The first-order valence-corrected chi connectivity index (χ1v) is 11.7. The molecule has 33 heavy (non-hydrogen) atoms. The molecule has 1 aromatic heterocycles. The summed E-state index contributed by atoms with van der Waals surface area (Å²) in [4.78, 5) is 16.1. The first-order chi connectivity index (χ1) is 15.6. The second-order valence-corrected chi connectivity index (χ2v) is 9.97. The lowest BCUT2D eigenvalue weighted by molar-refractivity contribution is -0.119. The van der Waals surface area contributed by atoms with Crippen molar-refractivity contribution in [3.05, 3.63) is 40.9 Å².